The van der Waals surface area contributed by atoms with E-state index in [0.29, 0.717) is 12.4 Å². The first-order valence-electron chi connectivity index (χ1n) is 6.83. The Labute approximate surface area is 129 Å². The molecule has 0 aliphatic carbocycles. The van der Waals surface area contributed by atoms with Gasteiger partial charge in [-0.15, -0.1) is 11.8 Å². The zero-order chi connectivity index (χ0) is 14.9. The van der Waals surface area contributed by atoms with Gasteiger partial charge in [0.2, 0.25) is 0 Å². The van der Waals surface area contributed by atoms with E-state index in [1.807, 2.05) is 61.5 Å². The average Bonchev–Trinajstić information content (AvgIpc) is 2.49. The van der Waals surface area contributed by atoms with E-state index in [-0.39, 0.29) is 5.97 Å². The van der Waals surface area contributed by atoms with Crippen molar-refractivity contribution in [2.24, 2.45) is 0 Å². The van der Waals surface area contributed by atoms with E-state index in [9.17, 15) is 4.79 Å². The van der Waals surface area contributed by atoms with Crippen LogP contribution >= 0.6 is 11.8 Å². The predicted octanol–water partition coefficient (Wildman–Crippen LogP) is 4.28. The Morgan fingerprint density at radius 1 is 1.05 bits per heavy atom. The summed E-state index contributed by atoms with van der Waals surface area (Å²) in [5.41, 5.74) is 1.12. The first-order chi connectivity index (χ1) is 10.3. The standard InChI is InChI=1S/C17H18O3S/c1-2-19-17(18)13-21-12-14-7-6-10-16(11-14)20-15-8-4-3-5-9-15/h3-11H,2,12-13H2,1H3. The van der Waals surface area contributed by atoms with Crippen molar-refractivity contribution < 1.29 is 14.3 Å². The Bertz CT molecular complexity index is 569. The maximum Gasteiger partial charge on any atom is 0.315 e. The van der Waals surface area contributed by atoms with Crippen molar-refractivity contribution in [2.75, 3.05) is 12.4 Å². The van der Waals surface area contributed by atoms with Gasteiger partial charge in [0.05, 0.1) is 12.4 Å². The Morgan fingerprint density at radius 3 is 2.57 bits per heavy atom. The number of hydrogen-bond donors (Lipinski definition) is 0. The summed E-state index contributed by atoms with van der Waals surface area (Å²) in [4.78, 5) is 11.3. The summed E-state index contributed by atoms with van der Waals surface area (Å²) in [5.74, 6) is 2.58. The van der Waals surface area contributed by atoms with Crippen molar-refractivity contribution in [3.63, 3.8) is 0 Å². The highest BCUT2D eigenvalue weighted by atomic mass is 32.2. The molecular weight excluding hydrogens is 284 g/mol. The highest BCUT2D eigenvalue weighted by Crippen LogP contribution is 2.23. The van der Waals surface area contributed by atoms with Gasteiger partial charge >= 0.3 is 5.97 Å². The largest absolute Gasteiger partial charge is 0.465 e. The van der Waals surface area contributed by atoms with E-state index in [2.05, 4.69) is 0 Å². The fraction of sp³-hybridized carbons (Fsp3) is 0.235. The van der Waals surface area contributed by atoms with E-state index in [0.717, 1.165) is 22.8 Å². The van der Waals surface area contributed by atoms with Crippen LogP contribution in [0, 0.1) is 0 Å². The molecule has 2 rings (SSSR count). The molecule has 2 aromatic rings. The number of rotatable bonds is 7. The molecule has 0 amide bonds. The SMILES string of the molecule is CCOC(=O)CSCc1cccc(Oc2ccccc2)c1. The summed E-state index contributed by atoms with van der Waals surface area (Å²) in [7, 11) is 0. The van der Waals surface area contributed by atoms with Crippen molar-refractivity contribution in [3.8, 4) is 11.5 Å². The van der Waals surface area contributed by atoms with Crippen LogP contribution in [0.4, 0.5) is 0 Å². The highest BCUT2D eigenvalue weighted by molar-refractivity contribution is 7.99. The molecule has 21 heavy (non-hydrogen) atoms. The first-order valence-corrected chi connectivity index (χ1v) is 7.98. The van der Waals surface area contributed by atoms with Crippen molar-refractivity contribution in [2.45, 2.75) is 12.7 Å². The summed E-state index contributed by atoms with van der Waals surface area (Å²) in [6.07, 6.45) is 0. The fourth-order valence-corrected chi connectivity index (χ4v) is 2.55. The van der Waals surface area contributed by atoms with E-state index in [1.54, 1.807) is 0 Å². The number of hydrogen-bond acceptors (Lipinski definition) is 4. The molecule has 0 saturated carbocycles. The molecule has 4 heteroatoms. The molecule has 0 N–H and O–H groups in total. The first kappa shape index (κ1) is 15.4. The van der Waals surface area contributed by atoms with E-state index >= 15 is 0 Å². The van der Waals surface area contributed by atoms with Crippen LogP contribution in [-0.2, 0) is 15.3 Å². The third kappa shape index (κ3) is 5.52. The normalized spacial score (nSPS) is 10.1. The summed E-state index contributed by atoms with van der Waals surface area (Å²) in [6.45, 7) is 2.24. The molecule has 0 spiro atoms. The second-order valence-corrected chi connectivity index (χ2v) is 5.35. The molecule has 0 heterocycles. The topological polar surface area (TPSA) is 35.5 Å². The van der Waals surface area contributed by atoms with Gasteiger partial charge in [0, 0.05) is 5.75 Å². The average molecular weight is 302 g/mol. The zero-order valence-corrected chi connectivity index (χ0v) is 12.8. The van der Waals surface area contributed by atoms with Gasteiger partial charge < -0.3 is 9.47 Å². The lowest BCUT2D eigenvalue weighted by molar-refractivity contribution is -0.139. The summed E-state index contributed by atoms with van der Waals surface area (Å²) in [6, 6.07) is 17.6. The molecule has 110 valence electrons. The van der Waals surface area contributed by atoms with Crippen LogP contribution in [0.25, 0.3) is 0 Å². The fourth-order valence-electron chi connectivity index (χ4n) is 1.78. The number of carbonyl (C=O) groups is 1. The van der Waals surface area contributed by atoms with Crippen molar-refractivity contribution in [3.05, 3.63) is 60.2 Å². The Balaban J connectivity index is 1.87. The van der Waals surface area contributed by atoms with Crippen LogP contribution < -0.4 is 4.74 Å². The molecule has 0 atom stereocenters. The lowest BCUT2D eigenvalue weighted by Crippen LogP contribution is -2.06. The molecule has 0 aliphatic rings. The van der Waals surface area contributed by atoms with Crippen molar-refractivity contribution in [1.82, 2.24) is 0 Å². The van der Waals surface area contributed by atoms with Crippen LogP contribution in [-0.4, -0.2) is 18.3 Å². The van der Waals surface area contributed by atoms with E-state index in [4.69, 9.17) is 9.47 Å². The minimum Gasteiger partial charge on any atom is -0.465 e. The predicted molar refractivity (Wildman–Crippen MR) is 85.8 cm³/mol. The molecule has 0 saturated heterocycles. The van der Waals surface area contributed by atoms with Gasteiger partial charge in [-0.2, -0.15) is 0 Å². The Hall–Kier alpha value is -1.94. The van der Waals surface area contributed by atoms with Crippen LogP contribution in [0.15, 0.2) is 54.6 Å². The van der Waals surface area contributed by atoms with Gasteiger partial charge in [-0.3, -0.25) is 4.79 Å². The van der Waals surface area contributed by atoms with Crippen LogP contribution in [0.3, 0.4) is 0 Å². The molecule has 2 aromatic carbocycles. The zero-order valence-electron chi connectivity index (χ0n) is 12.0. The summed E-state index contributed by atoms with van der Waals surface area (Å²) in [5, 5.41) is 0. The van der Waals surface area contributed by atoms with Gasteiger partial charge in [0.15, 0.2) is 0 Å². The number of thioether (sulfide) groups is 1. The van der Waals surface area contributed by atoms with Crippen molar-refractivity contribution in [1.29, 1.82) is 0 Å². The molecule has 0 bridgehead atoms. The van der Waals surface area contributed by atoms with Crippen LogP contribution in [0.1, 0.15) is 12.5 Å². The minimum atomic E-state index is -0.167. The Morgan fingerprint density at radius 2 is 1.81 bits per heavy atom. The number of carbonyl (C=O) groups excluding carboxylic acids is 1. The second-order valence-electron chi connectivity index (χ2n) is 4.36. The molecule has 0 unspecified atom stereocenters. The molecular formula is C17H18O3S. The third-order valence-corrected chi connectivity index (χ3v) is 3.65. The molecule has 0 aromatic heterocycles. The summed E-state index contributed by atoms with van der Waals surface area (Å²) < 4.78 is 10.7. The maximum atomic E-state index is 11.3. The molecule has 0 aliphatic heterocycles. The van der Waals surface area contributed by atoms with E-state index < -0.39 is 0 Å². The number of ether oxygens (including phenoxy) is 2. The van der Waals surface area contributed by atoms with E-state index in [1.165, 1.54) is 11.8 Å². The van der Waals surface area contributed by atoms with Crippen molar-refractivity contribution >= 4 is 17.7 Å². The van der Waals surface area contributed by atoms with Gasteiger partial charge in [0.1, 0.15) is 11.5 Å². The minimum absolute atomic E-state index is 0.167. The van der Waals surface area contributed by atoms with Gasteiger partial charge in [-0.05, 0) is 36.8 Å². The lowest BCUT2D eigenvalue weighted by atomic mass is 10.2. The van der Waals surface area contributed by atoms with Gasteiger partial charge in [-0.25, -0.2) is 0 Å². The monoisotopic (exact) mass is 302 g/mol. The smallest absolute Gasteiger partial charge is 0.315 e. The molecule has 0 fully saturated rings. The van der Waals surface area contributed by atoms with Crippen LogP contribution in [0.5, 0.6) is 11.5 Å². The van der Waals surface area contributed by atoms with Crippen LogP contribution in [0.2, 0.25) is 0 Å². The quantitative estimate of drug-likeness (QED) is 0.715. The lowest BCUT2D eigenvalue weighted by Gasteiger charge is -2.07. The number of benzene rings is 2. The molecule has 0 radical (unpaired) electrons. The third-order valence-electron chi connectivity index (χ3n) is 2.67. The molecule has 3 nitrogen and oxygen atoms in total. The number of esters is 1. The van der Waals surface area contributed by atoms with Gasteiger partial charge in [-0.1, -0.05) is 30.3 Å². The highest BCUT2D eigenvalue weighted by Gasteiger charge is 2.03. The number of para-hydroxylation sites is 1. The Kier molecular flexibility index (Phi) is 6.16. The summed E-state index contributed by atoms with van der Waals surface area (Å²) >= 11 is 1.54. The second kappa shape index (κ2) is 8.37. The maximum absolute atomic E-state index is 11.3. The van der Waals surface area contributed by atoms with Gasteiger partial charge in [0.25, 0.3) is 0 Å².